The lowest BCUT2D eigenvalue weighted by atomic mass is 9.83. The van der Waals surface area contributed by atoms with Crippen molar-refractivity contribution in [1.29, 1.82) is 0 Å². The zero-order valence-corrected chi connectivity index (χ0v) is 23.3. The number of hydrogen-bond acceptors (Lipinski definition) is 7. The highest BCUT2D eigenvalue weighted by Gasteiger charge is 2.41. The average molecular weight is 551 g/mol. The summed E-state index contributed by atoms with van der Waals surface area (Å²) in [7, 11) is 0. The fourth-order valence-corrected chi connectivity index (χ4v) is 4.94. The summed E-state index contributed by atoms with van der Waals surface area (Å²) in [5.74, 6) is -2.37. The fourth-order valence-electron chi connectivity index (χ4n) is 4.94. The highest BCUT2D eigenvalue weighted by Crippen LogP contribution is 2.40. The second-order valence-electron chi connectivity index (χ2n) is 10.7. The molecular formula is C30H35FN4O5. The smallest absolute Gasteiger partial charge is 0.326 e. The normalized spacial score (nSPS) is 16.6. The van der Waals surface area contributed by atoms with Gasteiger partial charge in [0.1, 0.15) is 11.9 Å². The summed E-state index contributed by atoms with van der Waals surface area (Å²) in [5, 5.41) is 4.37. The van der Waals surface area contributed by atoms with Crippen LogP contribution >= 0.6 is 0 Å². The molecule has 0 saturated heterocycles. The molecule has 2 N–H and O–H groups in total. The van der Waals surface area contributed by atoms with Crippen LogP contribution in [0.3, 0.4) is 0 Å². The largest absolute Gasteiger partial charge is 0.451 e. The molecule has 212 valence electrons. The molecule has 3 aromatic rings. The van der Waals surface area contributed by atoms with Crippen LogP contribution in [0.25, 0.3) is 0 Å². The molecule has 1 aromatic heterocycles. The molecule has 40 heavy (non-hydrogen) atoms. The molecule has 1 amide bonds. The van der Waals surface area contributed by atoms with Gasteiger partial charge in [0.15, 0.2) is 5.69 Å². The maximum absolute atomic E-state index is 14.5. The zero-order chi connectivity index (χ0) is 29.1. The first-order valence-corrected chi connectivity index (χ1v) is 13.3. The van der Waals surface area contributed by atoms with E-state index in [9.17, 15) is 18.8 Å². The quantitative estimate of drug-likeness (QED) is 0.318. The Morgan fingerprint density at radius 3 is 2.40 bits per heavy atom. The van der Waals surface area contributed by atoms with Crippen molar-refractivity contribution in [3.63, 3.8) is 0 Å². The van der Waals surface area contributed by atoms with E-state index < -0.39 is 42.1 Å². The van der Waals surface area contributed by atoms with Crippen molar-refractivity contribution in [2.24, 2.45) is 11.7 Å². The van der Waals surface area contributed by atoms with Gasteiger partial charge in [0, 0.05) is 18.5 Å². The van der Waals surface area contributed by atoms with Crippen molar-refractivity contribution in [2.45, 2.75) is 58.7 Å². The Balaban J connectivity index is 1.83. The topological polar surface area (TPSA) is 117 Å². The van der Waals surface area contributed by atoms with E-state index in [1.165, 1.54) is 16.8 Å². The second kappa shape index (κ2) is 12.0. The van der Waals surface area contributed by atoms with Crippen molar-refractivity contribution in [1.82, 2.24) is 14.7 Å². The van der Waals surface area contributed by atoms with E-state index >= 15 is 0 Å². The number of carbonyl (C=O) groups is 2. The summed E-state index contributed by atoms with van der Waals surface area (Å²) in [6.45, 7) is 8.93. The van der Waals surface area contributed by atoms with Gasteiger partial charge in [-0.3, -0.25) is 19.1 Å². The highest BCUT2D eigenvalue weighted by atomic mass is 19.1. The minimum atomic E-state index is -0.861. The Morgan fingerprint density at radius 1 is 1.10 bits per heavy atom. The second-order valence-corrected chi connectivity index (χ2v) is 10.7. The van der Waals surface area contributed by atoms with Gasteiger partial charge in [-0.25, -0.2) is 4.39 Å². The summed E-state index contributed by atoms with van der Waals surface area (Å²) in [6, 6.07) is 12.6. The van der Waals surface area contributed by atoms with Crippen molar-refractivity contribution in [2.75, 3.05) is 13.3 Å². The van der Waals surface area contributed by atoms with E-state index in [1.54, 1.807) is 24.8 Å². The number of halogens is 1. The van der Waals surface area contributed by atoms with E-state index in [0.29, 0.717) is 5.56 Å². The van der Waals surface area contributed by atoms with Gasteiger partial charge in [-0.05, 0) is 49.9 Å². The number of rotatable bonds is 9. The Hall–Kier alpha value is -4.05. The molecule has 3 atom stereocenters. The summed E-state index contributed by atoms with van der Waals surface area (Å²) in [5.41, 5.74) is 7.76. The number of aromatic nitrogens is 2. The van der Waals surface area contributed by atoms with Crippen molar-refractivity contribution in [3.05, 3.63) is 93.2 Å². The standard InChI is InChI=1S/C30H35FN4O5/c1-17(2)26(32)30(38)40-16-39-28-24(36)14-33-35-23(15-34(18(3)4)29(37)27(28)35)25(20-9-6-8-19(5)12-20)21-10-7-11-22(31)13-21/h6-14,17-18,23,25-26H,15-16,32H2,1-5H3. The third kappa shape index (κ3) is 5.91. The van der Waals surface area contributed by atoms with Gasteiger partial charge in [-0.15, -0.1) is 0 Å². The van der Waals surface area contributed by atoms with E-state index in [0.717, 1.165) is 17.3 Å². The summed E-state index contributed by atoms with van der Waals surface area (Å²) >= 11 is 0. The highest BCUT2D eigenvalue weighted by molar-refractivity contribution is 5.96. The Kier molecular flexibility index (Phi) is 8.68. The third-order valence-electron chi connectivity index (χ3n) is 7.14. The molecule has 0 saturated carbocycles. The fraction of sp³-hybridized carbons (Fsp3) is 0.400. The Morgan fingerprint density at radius 2 is 1.77 bits per heavy atom. The molecule has 0 aliphatic carbocycles. The number of hydrogen-bond donors (Lipinski definition) is 1. The molecule has 3 unspecified atom stereocenters. The average Bonchev–Trinajstić information content (AvgIpc) is 2.90. The van der Waals surface area contributed by atoms with E-state index in [-0.39, 0.29) is 35.8 Å². The van der Waals surface area contributed by atoms with Gasteiger partial charge < -0.3 is 20.1 Å². The molecule has 0 bridgehead atoms. The first kappa shape index (κ1) is 28.9. The van der Waals surface area contributed by atoms with E-state index in [2.05, 4.69) is 5.10 Å². The lowest BCUT2D eigenvalue weighted by molar-refractivity contribution is -0.152. The van der Waals surface area contributed by atoms with Crippen molar-refractivity contribution < 1.29 is 23.5 Å². The predicted octanol–water partition coefficient (Wildman–Crippen LogP) is 3.79. The molecule has 1 aliphatic rings. The number of benzene rings is 2. The summed E-state index contributed by atoms with van der Waals surface area (Å²) in [4.78, 5) is 40.6. The Labute approximate surface area is 232 Å². The van der Waals surface area contributed by atoms with Gasteiger partial charge in [0.05, 0.1) is 12.2 Å². The van der Waals surface area contributed by atoms with Crippen LogP contribution in [-0.4, -0.2) is 52.0 Å². The minimum absolute atomic E-state index is 0.0595. The van der Waals surface area contributed by atoms with Gasteiger partial charge in [0.25, 0.3) is 5.91 Å². The van der Waals surface area contributed by atoms with Crippen LogP contribution < -0.4 is 15.9 Å². The zero-order valence-electron chi connectivity index (χ0n) is 23.3. The Bertz CT molecular complexity index is 1410. The number of aryl methyl sites for hydroxylation is 1. The van der Waals surface area contributed by atoms with Crippen LogP contribution in [0.15, 0.2) is 59.5 Å². The minimum Gasteiger partial charge on any atom is -0.451 e. The molecule has 2 heterocycles. The van der Waals surface area contributed by atoms with E-state index in [4.69, 9.17) is 15.2 Å². The van der Waals surface area contributed by atoms with Gasteiger partial charge in [-0.2, -0.15) is 5.10 Å². The van der Waals surface area contributed by atoms with Crippen LogP contribution in [-0.2, 0) is 9.53 Å². The number of amides is 1. The predicted molar refractivity (Wildman–Crippen MR) is 148 cm³/mol. The molecule has 0 fully saturated rings. The van der Waals surface area contributed by atoms with Crippen LogP contribution in [0, 0.1) is 18.7 Å². The monoisotopic (exact) mass is 550 g/mol. The number of nitrogens with two attached hydrogens (primary N) is 1. The maximum Gasteiger partial charge on any atom is 0.326 e. The van der Waals surface area contributed by atoms with Crippen LogP contribution in [0.4, 0.5) is 4.39 Å². The SMILES string of the molecule is Cc1cccc(C(c2cccc(F)c2)C2CN(C(C)C)C(=O)c3c(OCOC(=O)C(N)C(C)C)c(=O)cnn32)c1. The first-order valence-electron chi connectivity index (χ1n) is 13.3. The summed E-state index contributed by atoms with van der Waals surface area (Å²) < 4.78 is 26.7. The number of carbonyl (C=O) groups excluding carboxylic acids is 2. The number of fused-ring (bicyclic) bond motifs is 1. The molecule has 0 radical (unpaired) electrons. The van der Waals surface area contributed by atoms with Gasteiger partial charge >= 0.3 is 5.97 Å². The van der Waals surface area contributed by atoms with Crippen LogP contribution in [0.5, 0.6) is 5.75 Å². The lowest BCUT2D eigenvalue weighted by Gasteiger charge is -2.41. The molecule has 9 nitrogen and oxygen atoms in total. The van der Waals surface area contributed by atoms with Gasteiger partial charge in [-0.1, -0.05) is 55.8 Å². The molecule has 10 heteroatoms. The number of esters is 1. The number of nitrogens with zero attached hydrogens (tertiary/aromatic N) is 3. The number of ether oxygens (including phenoxy) is 2. The third-order valence-corrected chi connectivity index (χ3v) is 7.14. The molecule has 4 rings (SSSR count). The molecule has 1 aliphatic heterocycles. The molecule has 0 spiro atoms. The van der Waals surface area contributed by atoms with Crippen molar-refractivity contribution >= 4 is 11.9 Å². The van der Waals surface area contributed by atoms with Gasteiger partial charge in [0.2, 0.25) is 18.0 Å². The summed E-state index contributed by atoms with van der Waals surface area (Å²) in [6.07, 6.45) is 1.07. The first-order chi connectivity index (χ1) is 19.0. The lowest BCUT2D eigenvalue weighted by Crippen LogP contribution is -2.50. The van der Waals surface area contributed by atoms with Crippen LogP contribution in [0.2, 0.25) is 0 Å². The maximum atomic E-state index is 14.5. The molecular weight excluding hydrogens is 515 g/mol. The molecule has 2 aromatic carbocycles. The van der Waals surface area contributed by atoms with Crippen molar-refractivity contribution in [3.8, 4) is 5.75 Å². The van der Waals surface area contributed by atoms with Crippen LogP contribution in [0.1, 0.15) is 66.8 Å². The van der Waals surface area contributed by atoms with E-state index in [1.807, 2.05) is 51.1 Å².